The Bertz CT molecular complexity index is 1250. The zero-order valence-electron chi connectivity index (χ0n) is 25.8. The van der Waals surface area contributed by atoms with E-state index in [1.807, 2.05) is 37.3 Å². The van der Waals surface area contributed by atoms with E-state index >= 15 is 0 Å². The standard InChI is InChI=1S/C33H46N4O3.ClH/c1-8-27(40-28-18-13-23(32(4,5)9-2)21-26(28)33(6,7)10-3)31(39)34-24-14-16-25(17-15-24)37-30(38)22-29(35-37)36-19-11-12-20-36;/h13-18,21,27H,8-12,19-20,22H2,1-7H3,(H,34,39);1H. The van der Waals surface area contributed by atoms with Gasteiger partial charge in [0.25, 0.3) is 11.8 Å². The molecule has 2 aliphatic heterocycles. The third-order valence-corrected chi connectivity index (χ3v) is 8.80. The number of carbonyl (C=O) groups excluding carboxylic acids is 2. The fraction of sp³-hybridized carbons (Fsp3) is 0.545. The zero-order valence-corrected chi connectivity index (χ0v) is 26.6. The van der Waals surface area contributed by atoms with Crippen LogP contribution in [0.4, 0.5) is 11.4 Å². The Labute approximate surface area is 252 Å². The van der Waals surface area contributed by atoms with Crippen molar-refractivity contribution in [2.75, 3.05) is 23.4 Å². The van der Waals surface area contributed by atoms with Crippen LogP contribution in [0.5, 0.6) is 5.75 Å². The second kappa shape index (κ2) is 13.3. The predicted octanol–water partition coefficient (Wildman–Crippen LogP) is 7.43. The number of anilines is 2. The second-order valence-electron chi connectivity index (χ2n) is 12.3. The van der Waals surface area contributed by atoms with Gasteiger partial charge in [-0.05, 0) is 78.8 Å². The van der Waals surface area contributed by atoms with E-state index in [1.165, 1.54) is 10.6 Å². The van der Waals surface area contributed by atoms with Crippen molar-refractivity contribution in [3.05, 3.63) is 53.6 Å². The van der Waals surface area contributed by atoms with Gasteiger partial charge in [-0.2, -0.15) is 10.1 Å². The molecule has 224 valence electrons. The first-order chi connectivity index (χ1) is 19.0. The summed E-state index contributed by atoms with van der Waals surface area (Å²) in [4.78, 5) is 28.1. The number of hydrazone groups is 1. The van der Waals surface area contributed by atoms with E-state index in [4.69, 9.17) is 4.74 Å². The minimum Gasteiger partial charge on any atom is -0.480 e. The maximum atomic E-state index is 13.3. The van der Waals surface area contributed by atoms with E-state index in [-0.39, 0.29) is 35.1 Å². The molecule has 0 bridgehead atoms. The summed E-state index contributed by atoms with van der Waals surface area (Å²) in [6.07, 6.45) is 4.52. The van der Waals surface area contributed by atoms with Crippen LogP contribution in [0.1, 0.15) is 98.1 Å². The molecule has 0 spiro atoms. The molecule has 2 heterocycles. The van der Waals surface area contributed by atoms with E-state index in [0.29, 0.717) is 24.2 Å². The van der Waals surface area contributed by atoms with E-state index in [0.717, 1.165) is 55.9 Å². The molecule has 2 aromatic carbocycles. The minimum atomic E-state index is -0.635. The fourth-order valence-electron chi connectivity index (χ4n) is 5.13. The Morgan fingerprint density at radius 2 is 1.61 bits per heavy atom. The Morgan fingerprint density at radius 3 is 2.20 bits per heavy atom. The summed E-state index contributed by atoms with van der Waals surface area (Å²) < 4.78 is 6.41. The summed E-state index contributed by atoms with van der Waals surface area (Å²) in [5, 5.41) is 9.05. The number of hydrogen-bond donors (Lipinski definition) is 1. The molecule has 2 aliphatic rings. The molecule has 41 heavy (non-hydrogen) atoms. The number of carbonyl (C=O) groups is 2. The molecule has 1 atom stereocenters. The van der Waals surface area contributed by atoms with Gasteiger partial charge >= 0.3 is 0 Å². The fourth-order valence-corrected chi connectivity index (χ4v) is 5.13. The highest BCUT2D eigenvalue weighted by molar-refractivity contribution is 6.12. The minimum absolute atomic E-state index is 0. The maximum Gasteiger partial charge on any atom is 0.265 e. The molecular formula is C33H47ClN4O3. The quantitative estimate of drug-likeness (QED) is 0.316. The lowest BCUT2D eigenvalue weighted by molar-refractivity contribution is -0.123. The van der Waals surface area contributed by atoms with Gasteiger partial charge in [-0.15, -0.1) is 12.4 Å². The van der Waals surface area contributed by atoms with Crippen molar-refractivity contribution in [1.82, 2.24) is 4.90 Å². The molecule has 0 aromatic heterocycles. The number of ether oxygens (including phenoxy) is 1. The summed E-state index contributed by atoms with van der Waals surface area (Å²) in [6.45, 7) is 17.3. The molecular weight excluding hydrogens is 536 g/mol. The molecule has 0 saturated carbocycles. The Morgan fingerprint density at radius 1 is 0.976 bits per heavy atom. The summed E-state index contributed by atoms with van der Waals surface area (Å²) in [5.41, 5.74) is 3.73. The van der Waals surface area contributed by atoms with Crippen LogP contribution in [0.2, 0.25) is 0 Å². The first-order valence-electron chi connectivity index (χ1n) is 14.9. The van der Waals surface area contributed by atoms with Crippen molar-refractivity contribution in [1.29, 1.82) is 0 Å². The van der Waals surface area contributed by atoms with Gasteiger partial charge in [0, 0.05) is 24.3 Å². The average Bonchev–Trinajstić information content (AvgIpc) is 3.62. The van der Waals surface area contributed by atoms with Crippen LogP contribution >= 0.6 is 12.4 Å². The van der Waals surface area contributed by atoms with Crippen LogP contribution in [-0.2, 0) is 20.4 Å². The lowest BCUT2D eigenvalue weighted by atomic mass is 9.76. The summed E-state index contributed by atoms with van der Waals surface area (Å²) in [5.74, 6) is 1.39. The monoisotopic (exact) mass is 582 g/mol. The van der Waals surface area contributed by atoms with Gasteiger partial charge in [0.15, 0.2) is 6.10 Å². The lowest BCUT2D eigenvalue weighted by Crippen LogP contribution is -2.33. The van der Waals surface area contributed by atoms with Crippen molar-refractivity contribution in [3.63, 3.8) is 0 Å². The molecule has 1 fully saturated rings. The van der Waals surface area contributed by atoms with Gasteiger partial charge < -0.3 is 15.0 Å². The Hall–Kier alpha value is -3.06. The number of benzene rings is 2. The molecule has 0 aliphatic carbocycles. The van der Waals surface area contributed by atoms with Crippen molar-refractivity contribution in [2.45, 2.75) is 104 Å². The second-order valence-corrected chi connectivity index (χ2v) is 12.3. The molecule has 0 radical (unpaired) electrons. The number of amides is 2. The van der Waals surface area contributed by atoms with E-state index in [9.17, 15) is 9.59 Å². The third-order valence-electron chi connectivity index (χ3n) is 8.80. The molecule has 4 rings (SSSR count). The van der Waals surface area contributed by atoms with Gasteiger partial charge in [0.1, 0.15) is 11.6 Å². The van der Waals surface area contributed by atoms with Crippen LogP contribution in [0, 0.1) is 0 Å². The third kappa shape index (κ3) is 7.24. The molecule has 1 unspecified atom stereocenters. The summed E-state index contributed by atoms with van der Waals surface area (Å²) >= 11 is 0. The summed E-state index contributed by atoms with van der Waals surface area (Å²) in [6, 6.07) is 13.7. The van der Waals surface area contributed by atoms with Gasteiger partial charge in [-0.1, -0.05) is 60.6 Å². The van der Waals surface area contributed by atoms with Crippen LogP contribution in [0.25, 0.3) is 0 Å². The average molecular weight is 583 g/mol. The predicted molar refractivity (Wildman–Crippen MR) is 170 cm³/mol. The number of nitrogens with one attached hydrogen (secondary N) is 1. The van der Waals surface area contributed by atoms with Crippen LogP contribution in [0.3, 0.4) is 0 Å². The Kier molecular flexibility index (Phi) is 10.5. The van der Waals surface area contributed by atoms with Crippen molar-refractivity contribution in [3.8, 4) is 5.75 Å². The van der Waals surface area contributed by atoms with Crippen LogP contribution < -0.4 is 15.1 Å². The molecule has 1 saturated heterocycles. The van der Waals surface area contributed by atoms with Crippen LogP contribution in [-0.4, -0.2) is 41.7 Å². The molecule has 1 N–H and O–H groups in total. The van der Waals surface area contributed by atoms with Gasteiger partial charge in [0.2, 0.25) is 0 Å². The van der Waals surface area contributed by atoms with Crippen molar-refractivity contribution in [2.24, 2.45) is 5.10 Å². The first kappa shape index (κ1) is 32.5. The maximum absolute atomic E-state index is 13.3. The lowest BCUT2D eigenvalue weighted by Gasteiger charge is -2.31. The highest BCUT2D eigenvalue weighted by Gasteiger charge is 2.31. The molecule has 2 amide bonds. The topological polar surface area (TPSA) is 74.2 Å². The first-order valence-corrected chi connectivity index (χ1v) is 14.9. The van der Waals surface area contributed by atoms with Crippen LogP contribution in [0.15, 0.2) is 47.6 Å². The van der Waals surface area contributed by atoms with E-state index in [1.54, 1.807) is 0 Å². The number of amidine groups is 1. The smallest absolute Gasteiger partial charge is 0.265 e. The van der Waals surface area contributed by atoms with Crippen molar-refractivity contribution < 1.29 is 14.3 Å². The van der Waals surface area contributed by atoms with Gasteiger partial charge in [0.05, 0.1) is 12.1 Å². The van der Waals surface area contributed by atoms with Gasteiger partial charge in [-0.3, -0.25) is 9.59 Å². The number of halogens is 1. The molecule has 2 aromatic rings. The van der Waals surface area contributed by atoms with Crippen molar-refractivity contribution >= 4 is 41.4 Å². The highest BCUT2D eigenvalue weighted by Crippen LogP contribution is 2.39. The number of likely N-dealkylation sites (tertiary alicyclic amines) is 1. The van der Waals surface area contributed by atoms with E-state index < -0.39 is 6.10 Å². The zero-order chi connectivity index (χ0) is 29.1. The molecule has 7 nitrogen and oxygen atoms in total. The summed E-state index contributed by atoms with van der Waals surface area (Å²) in [7, 11) is 0. The number of nitrogens with zero attached hydrogens (tertiary/aromatic N) is 3. The largest absolute Gasteiger partial charge is 0.480 e. The normalized spacial score (nSPS) is 16.4. The molecule has 8 heteroatoms. The number of rotatable bonds is 10. The SMILES string of the molecule is CCC(Oc1ccc(C(C)(C)CC)cc1C(C)(C)CC)C(=O)Nc1ccc(N2N=C(N3CCCC3)CC2=O)cc1.Cl. The highest BCUT2D eigenvalue weighted by atomic mass is 35.5. The Balaban J connectivity index is 0.00000462. The van der Waals surface area contributed by atoms with E-state index in [2.05, 4.69) is 69.0 Å². The number of hydrogen-bond acceptors (Lipinski definition) is 5. The van der Waals surface area contributed by atoms with Gasteiger partial charge in [-0.25, -0.2) is 0 Å².